The number of nitrogens with one attached hydrogen (secondary N) is 1. The van der Waals surface area contributed by atoms with E-state index in [4.69, 9.17) is 5.26 Å². The molecule has 0 unspecified atom stereocenters. The molecule has 1 aliphatic rings. The van der Waals surface area contributed by atoms with Crippen LogP contribution in [0, 0.1) is 11.3 Å². The third kappa shape index (κ3) is 4.42. The number of halogens is 3. The van der Waals surface area contributed by atoms with Crippen molar-refractivity contribution in [3.05, 3.63) is 34.8 Å². The lowest BCUT2D eigenvalue weighted by atomic mass is 10.1. The summed E-state index contributed by atoms with van der Waals surface area (Å²) in [6, 6.07) is 1.75. The lowest BCUT2D eigenvalue weighted by molar-refractivity contribution is -0.0441. The normalized spacial score (nSPS) is 19.7. The fourth-order valence-corrected chi connectivity index (χ4v) is 3.80. The maximum Gasteiger partial charge on any atom is 0.512 e. The van der Waals surface area contributed by atoms with E-state index in [1.54, 1.807) is 6.07 Å². The first-order chi connectivity index (χ1) is 9.49. The van der Waals surface area contributed by atoms with Crippen LogP contribution in [0.3, 0.4) is 0 Å². The van der Waals surface area contributed by atoms with Gasteiger partial charge in [-0.3, -0.25) is 0 Å². The molecule has 0 aromatic carbocycles. The second kappa shape index (κ2) is 6.00. The molecule has 0 radical (unpaired) electrons. The highest BCUT2D eigenvalue weighted by molar-refractivity contribution is 8.07. The molecule has 0 heterocycles. The minimum Gasteiger partial charge on any atom is -0.206 e. The molecule has 1 aliphatic carbocycles. The van der Waals surface area contributed by atoms with Crippen LogP contribution >= 0.6 is 0 Å². The summed E-state index contributed by atoms with van der Waals surface area (Å²) in [7, 11) is -11.0. The number of nitriles is 1. The van der Waals surface area contributed by atoms with Crippen molar-refractivity contribution in [3.8, 4) is 6.07 Å². The molecule has 0 aromatic heterocycles. The van der Waals surface area contributed by atoms with Crippen LogP contribution in [0.2, 0.25) is 0 Å². The van der Waals surface area contributed by atoms with Crippen LogP contribution in [0.25, 0.3) is 0 Å². The zero-order chi connectivity index (χ0) is 16.3. The fourth-order valence-electron chi connectivity index (χ4n) is 1.29. The Morgan fingerprint density at radius 1 is 1.10 bits per heavy atom. The quantitative estimate of drug-likeness (QED) is 0.836. The van der Waals surface area contributed by atoms with Crippen molar-refractivity contribution in [2.45, 2.75) is 18.3 Å². The van der Waals surface area contributed by atoms with Crippen molar-refractivity contribution >= 4 is 20.0 Å². The molecule has 0 saturated heterocycles. The Morgan fingerprint density at radius 2 is 1.67 bits per heavy atom. The molecular weight excluding hydrogens is 333 g/mol. The molecule has 0 aliphatic heterocycles. The zero-order valence-electron chi connectivity index (χ0n) is 10.3. The largest absolute Gasteiger partial charge is 0.512 e. The Labute approximate surface area is 119 Å². The Kier molecular flexibility index (Phi) is 4.98. The van der Waals surface area contributed by atoms with E-state index in [-0.39, 0.29) is 18.4 Å². The van der Waals surface area contributed by atoms with Crippen molar-refractivity contribution in [2.75, 3.05) is 0 Å². The van der Waals surface area contributed by atoms with Crippen molar-refractivity contribution < 1.29 is 30.0 Å². The minimum atomic E-state index is -6.04. The smallest absolute Gasteiger partial charge is 0.206 e. The van der Waals surface area contributed by atoms with Crippen molar-refractivity contribution in [2.24, 2.45) is 0 Å². The van der Waals surface area contributed by atoms with Crippen LogP contribution in [0.15, 0.2) is 34.8 Å². The molecule has 6 nitrogen and oxygen atoms in total. The van der Waals surface area contributed by atoms with Gasteiger partial charge in [-0.25, -0.2) is 16.8 Å². The summed E-state index contributed by atoms with van der Waals surface area (Å²) in [5, 5.41) is 8.69. The van der Waals surface area contributed by atoms with E-state index in [0.717, 1.165) is 18.2 Å². The minimum absolute atomic E-state index is 0.120. The lowest BCUT2D eigenvalue weighted by Gasteiger charge is -2.11. The van der Waals surface area contributed by atoms with E-state index < -0.39 is 30.5 Å². The number of alkyl halides is 3. The summed E-state index contributed by atoms with van der Waals surface area (Å²) in [5.41, 5.74) is -5.63. The van der Waals surface area contributed by atoms with Crippen LogP contribution in [-0.2, 0) is 20.0 Å². The molecule has 0 bridgehead atoms. The maximum atomic E-state index is 12.2. The van der Waals surface area contributed by atoms with Gasteiger partial charge < -0.3 is 0 Å². The van der Waals surface area contributed by atoms with Crippen molar-refractivity contribution in [1.82, 2.24) is 4.13 Å². The Balaban J connectivity index is 3.16. The molecule has 1 rings (SSSR count). The second-order valence-corrected chi connectivity index (χ2v) is 7.44. The summed E-state index contributed by atoms with van der Waals surface area (Å²) in [6.07, 6.45) is 4.93. The standard InChI is InChI=1S/C10H9F3N2O4S2/c11-10(12,13)21(18,19)15-20(16,17)9-4-2-1-3-8(7-14)5-6-9/h3-6,15H,1-2H2/b6-5?,8-3?,9-4-. The number of nitrogens with zero attached hydrogens (tertiary/aromatic N) is 1. The number of allylic oxidation sites excluding steroid dienone is 5. The Hall–Kier alpha value is -1.64. The van der Waals surface area contributed by atoms with Gasteiger partial charge in [0.05, 0.1) is 11.0 Å². The first-order valence-corrected chi connectivity index (χ1v) is 8.29. The number of hydrogen-bond acceptors (Lipinski definition) is 5. The zero-order valence-corrected chi connectivity index (χ0v) is 11.9. The summed E-state index contributed by atoms with van der Waals surface area (Å²) >= 11 is 0. The molecule has 0 aromatic rings. The van der Waals surface area contributed by atoms with Crippen LogP contribution < -0.4 is 4.13 Å². The summed E-state index contributed by atoms with van der Waals surface area (Å²) in [4.78, 5) is -0.656. The lowest BCUT2D eigenvalue weighted by Crippen LogP contribution is -2.40. The average molecular weight is 342 g/mol. The highest BCUT2D eigenvalue weighted by Gasteiger charge is 2.48. The van der Waals surface area contributed by atoms with Gasteiger partial charge in [-0.2, -0.15) is 18.4 Å². The van der Waals surface area contributed by atoms with Gasteiger partial charge in [-0.15, -0.1) is 0 Å². The summed E-state index contributed by atoms with van der Waals surface area (Å²) < 4.78 is 82.3. The second-order valence-electron chi connectivity index (χ2n) is 3.82. The van der Waals surface area contributed by atoms with E-state index in [0.29, 0.717) is 4.13 Å². The van der Waals surface area contributed by atoms with E-state index in [2.05, 4.69) is 0 Å². The van der Waals surface area contributed by atoms with Gasteiger partial charge in [-0.05, 0) is 25.0 Å². The third-order valence-electron chi connectivity index (χ3n) is 2.27. The van der Waals surface area contributed by atoms with Crippen LogP contribution in [0.5, 0.6) is 0 Å². The van der Waals surface area contributed by atoms with Gasteiger partial charge in [-0.1, -0.05) is 16.3 Å². The average Bonchev–Trinajstić information content (AvgIpc) is 2.25. The highest BCUT2D eigenvalue weighted by Crippen LogP contribution is 2.24. The maximum absolute atomic E-state index is 12.2. The molecule has 0 atom stereocenters. The van der Waals surface area contributed by atoms with E-state index in [1.165, 1.54) is 6.08 Å². The van der Waals surface area contributed by atoms with Gasteiger partial charge in [0, 0.05) is 5.57 Å². The van der Waals surface area contributed by atoms with Crippen LogP contribution in [0.4, 0.5) is 13.2 Å². The monoisotopic (exact) mass is 342 g/mol. The van der Waals surface area contributed by atoms with Gasteiger partial charge >= 0.3 is 15.5 Å². The molecule has 21 heavy (non-hydrogen) atoms. The summed E-state index contributed by atoms with van der Waals surface area (Å²) in [6.45, 7) is 0. The van der Waals surface area contributed by atoms with Crippen LogP contribution in [-0.4, -0.2) is 22.3 Å². The predicted octanol–water partition coefficient (Wildman–Crippen LogP) is 1.44. The number of rotatable bonds is 3. The van der Waals surface area contributed by atoms with E-state index >= 15 is 0 Å². The Morgan fingerprint density at radius 3 is 2.19 bits per heavy atom. The van der Waals surface area contributed by atoms with Crippen LogP contribution in [0.1, 0.15) is 12.8 Å². The predicted molar refractivity (Wildman–Crippen MR) is 67.2 cm³/mol. The van der Waals surface area contributed by atoms with Gasteiger partial charge in [0.15, 0.2) is 0 Å². The van der Waals surface area contributed by atoms with Gasteiger partial charge in [0.1, 0.15) is 0 Å². The highest BCUT2D eigenvalue weighted by atomic mass is 32.3. The molecule has 11 heteroatoms. The first-order valence-electron chi connectivity index (χ1n) is 5.33. The number of hydrogen-bond donors (Lipinski definition) is 1. The molecular formula is C10H9F3N2O4S2. The van der Waals surface area contributed by atoms with Gasteiger partial charge in [0.25, 0.3) is 10.0 Å². The van der Waals surface area contributed by atoms with E-state index in [1.807, 2.05) is 0 Å². The fraction of sp³-hybridized carbons (Fsp3) is 0.300. The molecule has 0 spiro atoms. The molecule has 0 saturated carbocycles. The molecule has 116 valence electrons. The van der Waals surface area contributed by atoms with Crippen molar-refractivity contribution in [1.29, 1.82) is 5.26 Å². The third-order valence-corrected chi connectivity index (χ3v) is 5.56. The molecule has 1 N–H and O–H groups in total. The Bertz CT molecular complexity index is 753. The number of sulfonamides is 2. The SMILES string of the molecule is N#CC1=CCC/C=C(\S(=O)(=O)NS(=O)(=O)C(F)(F)F)C=C1. The van der Waals surface area contributed by atoms with Crippen molar-refractivity contribution in [3.63, 3.8) is 0 Å². The van der Waals surface area contributed by atoms with E-state index in [9.17, 15) is 30.0 Å². The summed E-state index contributed by atoms with van der Waals surface area (Å²) in [5.74, 6) is 0. The first kappa shape index (κ1) is 17.4. The molecule has 0 fully saturated rings. The molecule has 0 amide bonds. The van der Waals surface area contributed by atoms with Gasteiger partial charge in [0.2, 0.25) is 0 Å². The topological polar surface area (TPSA) is 104 Å².